The van der Waals surface area contributed by atoms with Crippen LogP contribution in [0.5, 0.6) is 0 Å². The van der Waals surface area contributed by atoms with E-state index in [2.05, 4.69) is 5.32 Å². The van der Waals surface area contributed by atoms with Gasteiger partial charge < -0.3 is 11.1 Å². The van der Waals surface area contributed by atoms with Crippen molar-refractivity contribution in [1.82, 2.24) is 5.32 Å². The molecule has 0 bridgehead atoms. The van der Waals surface area contributed by atoms with Gasteiger partial charge in [0.05, 0.1) is 6.04 Å². The summed E-state index contributed by atoms with van der Waals surface area (Å²) in [4.78, 5) is 10.9. The van der Waals surface area contributed by atoms with Gasteiger partial charge in [0.25, 0.3) is 0 Å². The Labute approximate surface area is 97.3 Å². The molecule has 0 aromatic rings. The Morgan fingerprint density at radius 2 is 1.73 bits per heavy atom. The van der Waals surface area contributed by atoms with Crippen LogP contribution in [0.2, 0.25) is 0 Å². The number of Topliss-reactive ketones (excluding diaryl/α,β-unsaturated/α-hetero) is 1. The van der Waals surface area contributed by atoms with Crippen molar-refractivity contribution in [3.63, 3.8) is 0 Å². The Kier molecular flexibility index (Phi) is 25.7. The summed E-state index contributed by atoms with van der Waals surface area (Å²) in [6, 6.07) is 0.0292. The summed E-state index contributed by atoms with van der Waals surface area (Å²) in [5, 5.41) is 2.97. The SMILES string of the molecule is CC.CC.CNC(CCCCN)C(C)=O.[HH]. The van der Waals surface area contributed by atoms with Crippen LogP contribution in [0, 0.1) is 0 Å². The summed E-state index contributed by atoms with van der Waals surface area (Å²) in [5.74, 6) is 0.213. The third-order valence-electron chi connectivity index (χ3n) is 1.79. The predicted octanol–water partition coefficient (Wildman–Crippen LogP) is 2.59. The van der Waals surface area contributed by atoms with E-state index in [1.807, 2.05) is 34.7 Å². The highest BCUT2D eigenvalue weighted by atomic mass is 16.1. The highest BCUT2D eigenvalue weighted by molar-refractivity contribution is 5.81. The predicted molar refractivity (Wildman–Crippen MR) is 71.2 cm³/mol. The van der Waals surface area contributed by atoms with E-state index in [0.717, 1.165) is 19.3 Å². The van der Waals surface area contributed by atoms with Gasteiger partial charge in [0.15, 0.2) is 0 Å². The molecule has 1 unspecified atom stereocenters. The quantitative estimate of drug-likeness (QED) is 0.677. The summed E-state index contributed by atoms with van der Waals surface area (Å²) in [5.41, 5.74) is 5.33. The molecule has 15 heavy (non-hydrogen) atoms. The van der Waals surface area contributed by atoms with Gasteiger partial charge in [0.1, 0.15) is 5.78 Å². The molecular formula is C12H32N2O. The van der Waals surface area contributed by atoms with Crippen molar-refractivity contribution in [2.75, 3.05) is 13.6 Å². The molecule has 0 radical (unpaired) electrons. The Balaban J connectivity index is -0.000000129. The number of unbranched alkanes of at least 4 members (excludes halogenated alkanes) is 1. The number of carbonyl (C=O) groups excluding carboxylic acids is 1. The lowest BCUT2D eigenvalue weighted by molar-refractivity contribution is -0.119. The summed E-state index contributed by atoms with van der Waals surface area (Å²) in [6.07, 6.45) is 2.94. The van der Waals surface area contributed by atoms with E-state index in [4.69, 9.17) is 5.73 Å². The van der Waals surface area contributed by atoms with Crippen LogP contribution >= 0.6 is 0 Å². The monoisotopic (exact) mass is 220 g/mol. The molecule has 3 heteroatoms. The van der Waals surface area contributed by atoms with Crippen LogP contribution in [0.3, 0.4) is 0 Å². The Bertz CT molecular complexity index is 122. The number of rotatable bonds is 6. The number of ketones is 1. The molecule has 3 nitrogen and oxygen atoms in total. The highest BCUT2D eigenvalue weighted by Gasteiger charge is 2.09. The van der Waals surface area contributed by atoms with E-state index in [-0.39, 0.29) is 13.3 Å². The minimum absolute atomic E-state index is 0. The molecular weight excluding hydrogens is 188 g/mol. The lowest BCUT2D eigenvalue weighted by Crippen LogP contribution is -2.32. The van der Waals surface area contributed by atoms with Crippen LogP contribution in [0.15, 0.2) is 0 Å². The molecule has 0 aromatic carbocycles. The van der Waals surface area contributed by atoms with E-state index >= 15 is 0 Å². The van der Waals surface area contributed by atoms with E-state index in [1.165, 1.54) is 0 Å². The van der Waals surface area contributed by atoms with Crippen molar-refractivity contribution in [1.29, 1.82) is 0 Å². The normalized spacial score (nSPS) is 10.3. The first-order valence-corrected chi connectivity index (χ1v) is 6.10. The largest absolute Gasteiger partial charge is 0.330 e. The van der Waals surface area contributed by atoms with Crippen molar-refractivity contribution in [2.45, 2.75) is 59.9 Å². The average molecular weight is 220 g/mol. The maximum atomic E-state index is 10.9. The lowest BCUT2D eigenvalue weighted by atomic mass is 10.1. The molecule has 1 atom stereocenters. The molecule has 3 N–H and O–H groups in total. The van der Waals surface area contributed by atoms with Gasteiger partial charge in [-0.15, -0.1) is 0 Å². The van der Waals surface area contributed by atoms with Crippen molar-refractivity contribution in [3.8, 4) is 0 Å². The Hall–Kier alpha value is -0.410. The molecule has 96 valence electrons. The summed E-state index contributed by atoms with van der Waals surface area (Å²) < 4.78 is 0. The van der Waals surface area contributed by atoms with E-state index in [1.54, 1.807) is 6.92 Å². The number of hydrogen-bond acceptors (Lipinski definition) is 3. The van der Waals surface area contributed by atoms with Crippen LogP contribution in [-0.2, 0) is 4.79 Å². The number of carbonyl (C=O) groups is 1. The van der Waals surface area contributed by atoms with Crippen molar-refractivity contribution < 1.29 is 6.22 Å². The number of nitrogens with one attached hydrogen (secondary N) is 1. The van der Waals surface area contributed by atoms with Gasteiger partial charge in [-0.25, -0.2) is 0 Å². The molecule has 0 aliphatic heterocycles. The maximum Gasteiger partial charge on any atom is 0.146 e. The van der Waals surface area contributed by atoms with Crippen molar-refractivity contribution >= 4 is 5.78 Å². The number of hydrogen-bond donors (Lipinski definition) is 2. The molecule has 0 amide bonds. The van der Waals surface area contributed by atoms with Gasteiger partial charge in [-0.3, -0.25) is 4.79 Å². The van der Waals surface area contributed by atoms with Gasteiger partial charge in [0, 0.05) is 1.43 Å². The zero-order valence-electron chi connectivity index (χ0n) is 11.4. The highest BCUT2D eigenvalue weighted by Crippen LogP contribution is 2.00. The van der Waals surface area contributed by atoms with Gasteiger partial charge in [0.2, 0.25) is 0 Å². The molecule has 0 rings (SSSR count). The Morgan fingerprint density at radius 1 is 1.27 bits per heavy atom. The number of likely N-dealkylation sites (N-methyl/N-ethyl adjacent to an activating group) is 1. The van der Waals surface area contributed by atoms with Crippen LogP contribution in [0.25, 0.3) is 0 Å². The molecule has 0 heterocycles. The smallest absolute Gasteiger partial charge is 0.146 e. The first-order chi connectivity index (χ1) is 7.22. The zero-order chi connectivity index (χ0) is 12.7. The molecule has 0 saturated carbocycles. The first kappa shape index (κ1) is 20.1. The zero-order valence-corrected chi connectivity index (χ0v) is 11.4. The lowest BCUT2D eigenvalue weighted by Gasteiger charge is -2.11. The molecule has 0 fully saturated rings. The summed E-state index contributed by atoms with van der Waals surface area (Å²) >= 11 is 0. The fourth-order valence-corrected chi connectivity index (χ4v) is 1.04. The summed E-state index contributed by atoms with van der Waals surface area (Å²) in [6.45, 7) is 10.3. The fraction of sp³-hybridized carbons (Fsp3) is 0.917. The van der Waals surface area contributed by atoms with Gasteiger partial charge in [-0.05, 0) is 33.4 Å². The second kappa shape index (κ2) is 19.2. The average Bonchev–Trinajstić information content (AvgIpc) is 2.29. The second-order valence-corrected chi connectivity index (χ2v) is 2.74. The second-order valence-electron chi connectivity index (χ2n) is 2.74. The third-order valence-corrected chi connectivity index (χ3v) is 1.79. The standard InChI is InChI=1S/C8H18N2O.2C2H6.H2/c1-7(11)8(10-2)5-3-4-6-9;2*1-2;/h8,10H,3-6,9H2,1-2H3;2*1-2H3;1H. The van der Waals surface area contributed by atoms with Crippen LogP contribution < -0.4 is 11.1 Å². The van der Waals surface area contributed by atoms with E-state index in [0.29, 0.717) is 6.54 Å². The topological polar surface area (TPSA) is 55.1 Å². The molecule has 0 saturated heterocycles. The Morgan fingerprint density at radius 3 is 2.00 bits per heavy atom. The van der Waals surface area contributed by atoms with Gasteiger partial charge in [-0.1, -0.05) is 34.1 Å². The van der Waals surface area contributed by atoms with Crippen LogP contribution in [0.1, 0.15) is 55.3 Å². The van der Waals surface area contributed by atoms with Gasteiger partial charge in [-0.2, -0.15) is 0 Å². The van der Waals surface area contributed by atoms with Gasteiger partial charge >= 0.3 is 0 Å². The molecule has 0 aliphatic rings. The number of nitrogens with two attached hydrogens (primary N) is 1. The van der Waals surface area contributed by atoms with Crippen LogP contribution in [-0.4, -0.2) is 25.4 Å². The third kappa shape index (κ3) is 16.3. The maximum absolute atomic E-state index is 10.9. The molecule has 0 aromatic heterocycles. The minimum Gasteiger partial charge on any atom is -0.330 e. The van der Waals surface area contributed by atoms with Crippen molar-refractivity contribution in [2.24, 2.45) is 5.73 Å². The van der Waals surface area contributed by atoms with E-state index < -0.39 is 0 Å². The minimum atomic E-state index is 0. The van der Waals surface area contributed by atoms with Crippen LogP contribution in [0.4, 0.5) is 0 Å². The van der Waals surface area contributed by atoms with E-state index in [9.17, 15) is 4.79 Å². The summed E-state index contributed by atoms with van der Waals surface area (Å²) in [7, 11) is 1.81. The fourth-order valence-electron chi connectivity index (χ4n) is 1.04. The molecule has 0 aliphatic carbocycles. The molecule has 0 spiro atoms. The first-order valence-electron chi connectivity index (χ1n) is 6.10. The van der Waals surface area contributed by atoms with Crippen molar-refractivity contribution in [3.05, 3.63) is 0 Å².